The van der Waals surface area contributed by atoms with Crippen LogP contribution in [-0.4, -0.2) is 15.6 Å². The molecular formula is C16H14ClN3O. The van der Waals surface area contributed by atoms with Crippen molar-refractivity contribution in [1.29, 1.82) is 0 Å². The first-order valence-electron chi connectivity index (χ1n) is 6.48. The van der Waals surface area contributed by atoms with Crippen molar-refractivity contribution < 1.29 is 5.21 Å². The molecule has 4 nitrogen and oxygen atoms in total. The van der Waals surface area contributed by atoms with E-state index >= 15 is 0 Å². The molecule has 3 aromatic rings. The summed E-state index contributed by atoms with van der Waals surface area (Å²) in [5.74, 6) is 0.113. The maximum Gasteiger partial charge on any atom is 0.170 e. The number of fused-ring (bicyclic) bond motifs is 1. The third kappa shape index (κ3) is 2.71. The van der Waals surface area contributed by atoms with E-state index in [2.05, 4.69) is 9.72 Å². The molecular weight excluding hydrogens is 286 g/mol. The van der Waals surface area contributed by atoms with E-state index in [1.807, 2.05) is 54.7 Å². The first-order chi connectivity index (χ1) is 10.2. The normalized spacial score (nSPS) is 12.0. The Hall–Kier alpha value is -2.46. The zero-order valence-electron chi connectivity index (χ0n) is 11.2. The summed E-state index contributed by atoms with van der Waals surface area (Å²) in [7, 11) is 0. The Bertz CT molecular complexity index is 806. The molecule has 0 bridgehead atoms. The Labute approximate surface area is 127 Å². The summed E-state index contributed by atoms with van der Waals surface area (Å²) in [5.41, 5.74) is 8.59. The van der Waals surface area contributed by atoms with Crippen molar-refractivity contribution >= 4 is 28.3 Å². The van der Waals surface area contributed by atoms with Crippen molar-refractivity contribution in [3.05, 3.63) is 70.9 Å². The van der Waals surface area contributed by atoms with Crippen molar-refractivity contribution in [2.24, 2.45) is 10.9 Å². The molecule has 21 heavy (non-hydrogen) atoms. The molecule has 3 N–H and O–H groups in total. The molecule has 106 valence electrons. The quantitative estimate of drug-likeness (QED) is 0.337. The van der Waals surface area contributed by atoms with E-state index in [0.29, 0.717) is 5.56 Å². The van der Waals surface area contributed by atoms with Crippen molar-refractivity contribution in [3.8, 4) is 0 Å². The number of aromatic nitrogens is 1. The monoisotopic (exact) mass is 299 g/mol. The average molecular weight is 300 g/mol. The highest BCUT2D eigenvalue weighted by Gasteiger charge is 2.05. The number of halogens is 1. The fourth-order valence-electron chi connectivity index (χ4n) is 2.34. The summed E-state index contributed by atoms with van der Waals surface area (Å²) in [6, 6.07) is 15.5. The number of hydrogen-bond acceptors (Lipinski definition) is 2. The molecule has 0 fully saturated rings. The molecule has 0 aliphatic rings. The van der Waals surface area contributed by atoms with Gasteiger partial charge in [-0.2, -0.15) is 0 Å². The number of oxime groups is 1. The van der Waals surface area contributed by atoms with Gasteiger partial charge in [0.1, 0.15) is 0 Å². The van der Waals surface area contributed by atoms with Crippen molar-refractivity contribution in [3.63, 3.8) is 0 Å². The van der Waals surface area contributed by atoms with E-state index in [4.69, 9.17) is 22.5 Å². The van der Waals surface area contributed by atoms with Gasteiger partial charge < -0.3 is 15.5 Å². The number of hydrogen-bond donors (Lipinski definition) is 2. The molecule has 0 aliphatic heterocycles. The maximum absolute atomic E-state index is 8.73. The number of amidine groups is 1. The zero-order valence-corrected chi connectivity index (χ0v) is 12.0. The van der Waals surface area contributed by atoms with Gasteiger partial charge >= 0.3 is 0 Å². The molecule has 0 saturated carbocycles. The molecule has 1 aromatic heterocycles. The lowest BCUT2D eigenvalue weighted by molar-refractivity contribution is 0.318. The van der Waals surface area contributed by atoms with Crippen molar-refractivity contribution in [2.75, 3.05) is 0 Å². The van der Waals surface area contributed by atoms with Gasteiger partial charge in [0, 0.05) is 34.2 Å². The van der Waals surface area contributed by atoms with Gasteiger partial charge in [0.25, 0.3) is 0 Å². The van der Waals surface area contributed by atoms with Crippen molar-refractivity contribution in [1.82, 2.24) is 4.57 Å². The van der Waals surface area contributed by atoms with Crippen LogP contribution in [0.4, 0.5) is 0 Å². The van der Waals surface area contributed by atoms with Crippen LogP contribution in [0.5, 0.6) is 0 Å². The highest BCUT2D eigenvalue weighted by molar-refractivity contribution is 6.30. The third-order valence-electron chi connectivity index (χ3n) is 3.44. The van der Waals surface area contributed by atoms with Gasteiger partial charge in [-0.1, -0.05) is 28.9 Å². The van der Waals surface area contributed by atoms with Crippen LogP contribution < -0.4 is 5.73 Å². The number of nitrogens with two attached hydrogens (primary N) is 1. The average Bonchev–Trinajstić information content (AvgIpc) is 2.91. The van der Waals surface area contributed by atoms with E-state index in [0.717, 1.165) is 22.5 Å². The fourth-order valence-corrected chi connectivity index (χ4v) is 2.47. The molecule has 0 spiro atoms. The summed E-state index contributed by atoms with van der Waals surface area (Å²) in [5, 5.41) is 13.5. The summed E-state index contributed by atoms with van der Waals surface area (Å²) in [6.07, 6.45) is 2.02. The van der Waals surface area contributed by atoms with Crippen LogP contribution in [0.25, 0.3) is 10.9 Å². The van der Waals surface area contributed by atoms with Crippen molar-refractivity contribution in [2.45, 2.75) is 6.54 Å². The van der Waals surface area contributed by atoms with Gasteiger partial charge in [-0.15, -0.1) is 0 Å². The van der Waals surface area contributed by atoms with E-state index in [1.54, 1.807) is 0 Å². The zero-order chi connectivity index (χ0) is 14.8. The molecule has 0 radical (unpaired) electrons. The third-order valence-corrected chi connectivity index (χ3v) is 3.69. The van der Waals surface area contributed by atoms with Crippen LogP contribution >= 0.6 is 11.6 Å². The molecule has 0 saturated heterocycles. The van der Waals surface area contributed by atoms with Gasteiger partial charge in [-0.25, -0.2) is 0 Å². The van der Waals surface area contributed by atoms with Gasteiger partial charge in [0.2, 0.25) is 0 Å². The molecule has 1 heterocycles. The predicted octanol–water partition coefficient (Wildman–Crippen LogP) is 3.44. The highest BCUT2D eigenvalue weighted by Crippen LogP contribution is 2.19. The van der Waals surface area contributed by atoms with Gasteiger partial charge in [0.15, 0.2) is 5.84 Å². The molecule has 2 aromatic carbocycles. The van der Waals surface area contributed by atoms with Crippen LogP contribution in [0.15, 0.2) is 59.9 Å². The molecule has 3 rings (SSSR count). The molecule has 0 unspecified atom stereocenters. The van der Waals surface area contributed by atoms with Crippen LogP contribution in [0.2, 0.25) is 5.02 Å². The smallest absolute Gasteiger partial charge is 0.170 e. The Morgan fingerprint density at radius 1 is 1.14 bits per heavy atom. The topological polar surface area (TPSA) is 63.5 Å². The molecule has 5 heteroatoms. The minimum absolute atomic E-state index is 0.113. The minimum atomic E-state index is 0.113. The van der Waals surface area contributed by atoms with E-state index in [-0.39, 0.29) is 5.84 Å². The minimum Gasteiger partial charge on any atom is -0.409 e. The number of rotatable bonds is 3. The largest absolute Gasteiger partial charge is 0.409 e. The standard InChI is InChI=1S/C16H14ClN3O/c17-14-4-1-11(2-5-14)10-20-8-7-12-9-13(16(18)19-21)3-6-15(12)20/h1-9,21H,10H2,(H2,18,19). The van der Waals surface area contributed by atoms with Crippen LogP contribution in [0, 0.1) is 0 Å². The lowest BCUT2D eigenvalue weighted by Gasteiger charge is -2.06. The fraction of sp³-hybridized carbons (Fsp3) is 0.0625. The first kappa shape index (κ1) is 13.5. The Morgan fingerprint density at radius 3 is 2.62 bits per heavy atom. The SMILES string of the molecule is N/C(=N/O)c1ccc2c(ccn2Cc2ccc(Cl)cc2)c1. The lowest BCUT2D eigenvalue weighted by Crippen LogP contribution is -2.12. The second-order valence-corrected chi connectivity index (χ2v) is 5.27. The Morgan fingerprint density at radius 2 is 1.90 bits per heavy atom. The van der Waals surface area contributed by atoms with E-state index in [1.165, 1.54) is 5.56 Å². The summed E-state index contributed by atoms with van der Waals surface area (Å²) in [4.78, 5) is 0. The van der Waals surface area contributed by atoms with Gasteiger partial charge in [-0.3, -0.25) is 0 Å². The number of benzene rings is 2. The summed E-state index contributed by atoms with van der Waals surface area (Å²) < 4.78 is 2.15. The Balaban J connectivity index is 1.95. The second-order valence-electron chi connectivity index (χ2n) is 4.83. The van der Waals surface area contributed by atoms with Gasteiger partial charge in [-0.05, 0) is 42.0 Å². The van der Waals surface area contributed by atoms with Gasteiger partial charge in [0.05, 0.1) is 0 Å². The van der Waals surface area contributed by atoms with Crippen LogP contribution in [0.3, 0.4) is 0 Å². The maximum atomic E-state index is 8.73. The summed E-state index contributed by atoms with van der Waals surface area (Å²) in [6.45, 7) is 0.767. The van der Waals surface area contributed by atoms with E-state index < -0.39 is 0 Å². The predicted molar refractivity (Wildman–Crippen MR) is 85.0 cm³/mol. The summed E-state index contributed by atoms with van der Waals surface area (Å²) >= 11 is 5.90. The molecule has 0 aliphatic carbocycles. The first-order valence-corrected chi connectivity index (χ1v) is 6.86. The van der Waals surface area contributed by atoms with Crippen LogP contribution in [0.1, 0.15) is 11.1 Å². The Kier molecular flexibility index (Phi) is 3.54. The highest BCUT2D eigenvalue weighted by atomic mass is 35.5. The number of nitrogens with zero attached hydrogens (tertiary/aromatic N) is 2. The van der Waals surface area contributed by atoms with E-state index in [9.17, 15) is 0 Å². The molecule has 0 atom stereocenters. The lowest BCUT2D eigenvalue weighted by atomic mass is 10.1. The molecule has 0 amide bonds. The van der Waals surface area contributed by atoms with Crippen LogP contribution in [-0.2, 0) is 6.54 Å². The second kappa shape index (κ2) is 5.50.